The molecule has 1 unspecified atom stereocenters. The van der Waals surface area contributed by atoms with Crippen LogP contribution >= 0.6 is 0 Å². The Balaban J connectivity index is 1.99. The molecule has 1 fully saturated rings. The van der Waals surface area contributed by atoms with Gasteiger partial charge in [-0.2, -0.15) is 4.31 Å². The van der Waals surface area contributed by atoms with Crippen LogP contribution in [0.15, 0.2) is 29.2 Å². The molecule has 1 aliphatic rings. The summed E-state index contributed by atoms with van der Waals surface area (Å²) < 4.78 is 32.3. The highest BCUT2D eigenvalue weighted by atomic mass is 32.2. The molecule has 1 saturated carbocycles. The van der Waals surface area contributed by atoms with Gasteiger partial charge in [-0.3, -0.25) is 4.79 Å². The predicted molar refractivity (Wildman–Crippen MR) is 124 cm³/mol. The summed E-state index contributed by atoms with van der Waals surface area (Å²) in [6.45, 7) is 6.32. The molecule has 1 aromatic rings. The van der Waals surface area contributed by atoms with Crippen LogP contribution in [0.1, 0.15) is 69.7 Å². The van der Waals surface area contributed by atoms with E-state index in [0.29, 0.717) is 17.9 Å². The molecular formula is C23H37N3O5S. The number of ether oxygens (including phenoxy) is 1. The lowest BCUT2D eigenvalue weighted by Crippen LogP contribution is -2.44. The fourth-order valence-electron chi connectivity index (χ4n) is 4.01. The van der Waals surface area contributed by atoms with Gasteiger partial charge < -0.3 is 15.4 Å². The lowest BCUT2D eigenvalue weighted by atomic mass is 9.96. The lowest BCUT2D eigenvalue weighted by molar-refractivity contribution is 0.0944. The van der Waals surface area contributed by atoms with Crippen molar-refractivity contribution in [2.24, 2.45) is 5.92 Å². The third kappa shape index (κ3) is 7.48. The van der Waals surface area contributed by atoms with Gasteiger partial charge in [0, 0.05) is 31.2 Å². The first kappa shape index (κ1) is 26.1. The monoisotopic (exact) mass is 467 g/mol. The topological polar surface area (TPSA) is 105 Å². The SMILES string of the molecule is CCOC(=O)NC(CNC(=O)c1ccc(S(=O)(=O)N(C)C2CCCCC2)cc1)CC(C)C. The number of alkyl carbamates (subject to hydrolysis) is 1. The van der Waals surface area contributed by atoms with Crippen LogP contribution in [-0.4, -0.2) is 57.0 Å². The summed E-state index contributed by atoms with van der Waals surface area (Å²) in [5.41, 5.74) is 0.365. The summed E-state index contributed by atoms with van der Waals surface area (Å²) in [6.07, 6.45) is 5.19. The van der Waals surface area contributed by atoms with Gasteiger partial charge in [0.25, 0.3) is 5.91 Å². The average molecular weight is 468 g/mol. The molecule has 9 heteroatoms. The van der Waals surface area contributed by atoms with Crippen LogP contribution in [-0.2, 0) is 14.8 Å². The fourth-order valence-corrected chi connectivity index (χ4v) is 5.42. The first-order valence-corrected chi connectivity index (χ1v) is 12.9. The van der Waals surface area contributed by atoms with Crippen molar-refractivity contribution in [3.05, 3.63) is 29.8 Å². The molecule has 180 valence electrons. The smallest absolute Gasteiger partial charge is 0.407 e. The van der Waals surface area contributed by atoms with Gasteiger partial charge in [0.2, 0.25) is 10.0 Å². The second-order valence-corrected chi connectivity index (χ2v) is 10.7. The number of benzene rings is 1. The zero-order valence-corrected chi connectivity index (χ0v) is 20.4. The second-order valence-electron chi connectivity index (χ2n) is 8.74. The number of nitrogens with one attached hydrogen (secondary N) is 2. The minimum atomic E-state index is -3.60. The highest BCUT2D eigenvalue weighted by Gasteiger charge is 2.29. The summed E-state index contributed by atoms with van der Waals surface area (Å²) in [5.74, 6) is -0.00142. The largest absolute Gasteiger partial charge is 0.450 e. The van der Waals surface area contributed by atoms with E-state index < -0.39 is 16.1 Å². The Morgan fingerprint density at radius 2 is 1.75 bits per heavy atom. The molecule has 0 radical (unpaired) electrons. The number of amides is 2. The van der Waals surface area contributed by atoms with Gasteiger partial charge in [0.05, 0.1) is 11.5 Å². The van der Waals surface area contributed by atoms with E-state index in [-0.39, 0.29) is 36.0 Å². The van der Waals surface area contributed by atoms with E-state index in [4.69, 9.17) is 4.74 Å². The summed E-state index contributed by atoms with van der Waals surface area (Å²) in [6, 6.07) is 5.77. The zero-order chi connectivity index (χ0) is 23.7. The quantitative estimate of drug-likeness (QED) is 0.548. The van der Waals surface area contributed by atoms with Gasteiger partial charge >= 0.3 is 6.09 Å². The molecule has 0 spiro atoms. The number of hydrogen-bond donors (Lipinski definition) is 2. The molecule has 2 N–H and O–H groups in total. The van der Waals surface area contributed by atoms with Crippen LogP contribution in [0.25, 0.3) is 0 Å². The third-order valence-electron chi connectivity index (χ3n) is 5.74. The van der Waals surface area contributed by atoms with Crippen LogP contribution in [0, 0.1) is 5.92 Å². The molecule has 2 amide bonds. The van der Waals surface area contributed by atoms with E-state index >= 15 is 0 Å². The van der Waals surface area contributed by atoms with Crippen LogP contribution in [0.3, 0.4) is 0 Å². The molecule has 2 rings (SSSR count). The van der Waals surface area contributed by atoms with Crippen molar-refractivity contribution >= 4 is 22.0 Å². The maximum absolute atomic E-state index is 13.0. The Kier molecular flexibility index (Phi) is 9.96. The molecule has 0 bridgehead atoms. The number of carbonyl (C=O) groups is 2. The molecule has 1 aliphatic carbocycles. The van der Waals surface area contributed by atoms with Crippen molar-refractivity contribution in [3.63, 3.8) is 0 Å². The normalized spacial score (nSPS) is 16.1. The van der Waals surface area contributed by atoms with E-state index in [1.165, 1.54) is 28.6 Å². The van der Waals surface area contributed by atoms with E-state index in [1.807, 2.05) is 13.8 Å². The van der Waals surface area contributed by atoms with Crippen LogP contribution in [0.5, 0.6) is 0 Å². The van der Waals surface area contributed by atoms with Gasteiger partial charge in [-0.05, 0) is 56.4 Å². The number of rotatable bonds is 10. The molecule has 1 aromatic carbocycles. The van der Waals surface area contributed by atoms with Gasteiger partial charge in [-0.1, -0.05) is 33.1 Å². The minimum absolute atomic E-state index is 0.0292. The van der Waals surface area contributed by atoms with E-state index in [0.717, 1.165) is 32.1 Å². The average Bonchev–Trinajstić information content (AvgIpc) is 2.77. The Morgan fingerprint density at radius 3 is 2.31 bits per heavy atom. The number of sulfonamides is 1. The fraction of sp³-hybridized carbons (Fsp3) is 0.652. The van der Waals surface area contributed by atoms with Crippen molar-refractivity contribution in [1.82, 2.24) is 14.9 Å². The summed E-state index contributed by atoms with van der Waals surface area (Å²) in [5, 5.41) is 5.58. The minimum Gasteiger partial charge on any atom is -0.450 e. The highest BCUT2D eigenvalue weighted by Crippen LogP contribution is 2.26. The Bertz CT molecular complexity index is 849. The van der Waals surface area contributed by atoms with Crippen molar-refractivity contribution in [2.75, 3.05) is 20.2 Å². The van der Waals surface area contributed by atoms with Crippen LogP contribution in [0.2, 0.25) is 0 Å². The van der Waals surface area contributed by atoms with Gasteiger partial charge in [0.1, 0.15) is 0 Å². The third-order valence-corrected chi connectivity index (χ3v) is 7.67. The van der Waals surface area contributed by atoms with Crippen LogP contribution < -0.4 is 10.6 Å². The van der Waals surface area contributed by atoms with E-state index in [9.17, 15) is 18.0 Å². The van der Waals surface area contributed by atoms with Gasteiger partial charge in [0.15, 0.2) is 0 Å². The summed E-state index contributed by atoms with van der Waals surface area (Å²) in [4.78, 5) is 24.5. The number of nitrogens with zero attached hydrogens (tertiary/aromatic N) is 1. The first-order chi connectivity index (χ1) is 15.1. The van der Waals surface area contributed by atoms with Crippen molar-refractivity contribution in [2.45, 2.75) is 76.3 Å². The predicted octanol–water partition coefficient (Wildman–Crippen LogP) is 3.53. The summed E-state index contributed by atoms with van der Waals surface area (Å²) >= 11 is 0. The second kappa shape index (κ2) is 12.2. The molecule has 32 heavy (non-hydrogen) atoms. The maximum atomic E-state index is 13.0. The van der Waals surface area contributed by atoms with Gasteiger partial charge in [-0.25, -0.2) is 13.2 Å². The van der Waals surface area contributed by atoms with Crippen LogP contribution in [0.4, 0.5) is 4.79 Å². The Labute approximate surface area is 192 Å². The molecule has 1 atom stereocenters. The molecule has 0 heterocycles. The highest BCUT2D eigenvalue weighted by molar-refractivity contribution is 7.89. The first-order valence-electron chi connectivity index (χ1n) is 11.4. The molecule has 0 aromatic heterocycles. The zero-order valence-electron chi connectivity index (χ0n) is 19.6. The molecule has 8 nitrogen and oxygen atoms in total. The maximum Gasteiger partial charge on any atom is 0.407 e. The van der Waals surface area contributed by atoms with Gasteiger partial charge in [-0.15, -0.1) is 0 Å². The van der Waals surface area contributed by atoms with Crippen molar-refractivity contribution < 1.29 is 22.7 Å². The number of hydrogen-bond acceptors (Lipinski definition) is 5. The Hall–Kier alpha value is -2.13. The Morgan fingerprint density at radius 1 is 1.12 bits per heavy atom. The van der Waals surface area contributed by atoms with Crippen molar-refractivity contribution in [3.8, 4) is 0 Å². The molecule has 0 saturated heterocycles. The lowest BCUT2D eigenvalue weighted by Gasteiger charge is -2.30. The van der Waals surface area contributed by atoms with E-state index in [1.54, 1.807) is 14.0 Å². The molecular weight excluding hydrogens is 430 g/mol. The summed E-state index contributed by atoms with van der Waals surface area (Å²) in [7, 11) is -1.96. The molecule has 0 aliphatic heterocycles. The number of carbonyl (C=O) groups excluding carboxylic acids is 2. The van der Waals surface area contributed by atoms with Crippen molar-refractivity contribution in [1.29, 1.82) is 0 Å². The van der Waals surface area contributed by atoms with E-state index in [2.05, 4.69) is 10.6 Å². The standard InChI is InChI=1S/C23H37N3O5S/c1-5-31-23(28)25-19(15-17(2)3)16-24-22(27)18-11-13-21(14-12-18)32(29,30)26(4)20-9-7-6-8-10-20/h11-14,17,19-20H,5-10,15-16H2,1-4H3,(H,24,27)(H,25,28).